The summed E-state index contributed by atoms with van der Waals surface area (Å²) in [7, 11) is 0. The molecule has 0 aromatic rings. The molecule has 0 bridgehead atoms. The van der Waals surface area contributed by atoms with Gasteiger partial charge < -0.3 is 20.4 Å². The Balaban J connectivity index is 3.60. The van der Waals surface area contributed by atoms with Crippen molar-refractivity contribution >= 4 is 11.8 Å². The maximum Gasteiger partial charge on any atom is 0.0677 e. The van der Waals surface area contributed by atoms with Gasteiger partial charge in [0.15, 0.2) is 0 Å². The van der Waals surface area contributed by atoms with Gasteiger partial charge in [-0.1, -0.05) is 13.8 Å². The topological polar surface area (TPSA) is 80.9 Å². The fourth-order valence-electron chi connectivity index (χ4n) is 0.881. The molecule has 0 amide bonds. The molecule has 0 aromatic heterocycles. The van der Waals surface area contributed by atoms with Gasteiger partial charge in [-0.15, -0.1) is 0 Å². The van der Waals surface area contributed by atoms with Crippen LogP contribution in [0.3, 0.4) is 0 Å². The Hall–Kier alpha value is 0.190. The third-order valence-electron chi connectivity index (χ3n) is 2.47. The number of aliphatic hydroxyl groups is 4. The monoisotopic (exact) mass is 238 g/mol. The molecule has 0 saturated heterocycles. The van der Waals surface area contributed by atoms with Crippen LogP contribution < -0.4 is 0 Å². The van der Waals surface area contributed by atoms with E-state index >= 15 is 0 Å². The summed E-state index contributed by atoms with van der Waals surface area (Å²) in [5.41, 5.74) is 0. The highest BCUT2D eigenvalue weighted by Crippen LogP contribution is 2.14. The van der Waals surface area contributed by atoms with Crippen molar-refractivity contribution in [2.75, 3.05) is 24.7 Å². The minimum absolute atomic E-state index is 0.0304. The number of hydrogen-bond donors (Lipinski definition) is 4. The second-order valence-electron chi connectivity index (χ2n) is 3.99. The van der Waals surface area contributed by atoms with Crippen LogP contribution in [0.25, 0.3) is 0 Å². The van der Waals surface area contributed by atoms with Crippen LogP contribution in [-0.2, 0) is 0 Å². The fourth-order valence-corrected chi connectivity index (χ4v) is 2.16. The Morgan fingerprint density at radius 2 is 1.20 bits per heavy atom. The van der Waals surface area contributed by atoms with Gasteiger partial charge in [0, 0.05) is 36.6 Å². The molecule has 0 spiro atoms. The lowest BCUT2D eigenvalue weighted by Crippen LogP contribution is -2.26. The Bertz CT molecular complexity index is 140. The largest absolute Gasteiger partial charge is 0.396 e. The van der Waals surface area contributed by atoms with E-state index in [1.165, 1.54) is 11.8 Å². The number of aliphatic hydroxyl groups excluding tert-OH is 4. The van der Waals surface area contributed by atoms with Crippen LogP contribution in [0.15, 0.2) is 0 Å². The van der Waals surface area contributed by atoms with Crippen LogP contribution >= 0.6 is 11.8 Å². The van der Waals surface area contributed by atoms with E-state index in [0.717, 1.165) is 0 Å². The zero-order valence-corrected chi connectivity index (χ0v) is 10.2. The van der Waals surface area contributed by atoms with E-state index in [9.17, 15) is 10.2 Å². The summed E-state index contributed by atoms with van der Waals surface area (Å²) >= 11 is 1.43. The van der Waals surface area contributed by atoms with Crippen molar-refractivity contribution in [2.24, 2.45) is 11.8 Å². The summed E-state index contributed by atoms with van der Waals surface area (Å²) in [4.78, 5) is 0. The molecule has 0 fully saturated rings. The molecule has 15 heavy (non-hydrogen) atoms. The maximum atomic E-state index is 9.51. The van der Waals surface area contributed by atoms with E-state index < -0.39 is 12.2 Å². The van der Waals surface area contributed by atoms with Crippen LogP contribution in [0, 0.1) is 11.8 Å². The van der Waals surface area contributed by atoms with E-state index in [1.54, 1.807) is 13.8 Å². The minimum Gasteiger partial charge on any atom is -0.396 e. The van der Waals surface area contributed by atoms with E-state index in [1.807, 2.05) is 0 Å². The van der Waals surface area contributed by atoms with Gasteiger partial charge in [0.25, 0.3) is 0 Å². The Morgan fingerprint density at radius 1 is 0.867 bits per heavy atom. The molecule has 0 saturated carbocycles. The van der Waals surface area contributed by atoms with Gasteiger partial charge in [-0.3, -0.25) is 0 Å². The summed E-state index contributed by atoms with van der Waals surface area (Å²) < 4.78 is 0. The first kappa shape index (κ1) is 15.2. The second-order valence-corrected chi connectivity index (χ2v) is 5.07. The predicted molar refractivity (Wildman–Crippen MR) is 61.8 cm³/mol. The normalized spacial score (nSPS) is 19.6. The molecule has 0 aliphatic carbocycles. The lowest BCUT2D eigenvalue weighted by Gasteiger charge is -2.19. The van der Waals surface area contributed by atoms with E-state index in [0.29, 0.717) is 11.5 Å². The van der Waals surface area contributed by atoms with E-state index in [4.69, 9.17) is 10.2 Å². The molecule has 0 rings (SSSR count). The average Bonchev–Trinajstić information content (AvgIpc) is 2.26. The zero-order chi connectivity index (χ0) is 11.8. The van der Waals surface area contributed by atoms with Crippen molar-refractivity contribution in [1.29, 1.82) is 0 Å². The third-order valence-corrected chi connectivity index (χ3v) is 3.62. The minimum atomic E-state index is -0.545. The molecule has 0 aromatic carbocycles. The molecule has 0 aliphatic rings. The standard InChI is InChI=1S/C10H22O4S/c1-7(3-11)9(13)5-15-6-10(14)8(2)4-12/h7-14H,3-6H2,1-2H3. The summed E-state index contributed by atoms with van der Waals surface area (Å²) in [6.07, 6.45) is -1.09. The van der Waals surface area contributed by atoms with Crippen molar-refractivity contribution < 1.29 is 20.4 Å². The van der Waals surface area contributed by atoms with Crippen LogP contribution in [0.1, 0.15) is 13.8 Å². The van der Waals surface area contributed by atoms with E-state index in [-0.39, 0.29) is 25.0 Å². The zero-order valence-electron chi connectivity index (χ0n) is 9.33. The Kier molecular flexibility index (Phi) is 8.46. The molecule has 4 atom stereocenters. The van der Waals surface area contributed by atoms with Crippen LogP contribution in [-0.4, -0.2) is 57.4 Å². The molecule has 4 unspecified atom stereocenters. The molecule has 0 aliphatic heterocycles. The highest BCUT2D eigenvalue weighted by atomic mass is 32.2. The SMILES string of the molecule is CC(CO)C(O)CSCC(O)C(C)CO. The van der Waals surface area contributed by atoms with Gasteiger partial charge in [-0.2, -0.15) is 11.8 Å². The second kappa shape index (κ2) is 8.35. The number of hydrogen-bond acceptors (Lipinski definition) is 5. The van der Waals surface area contributed by atoms with Crippen molar-refractivity contribution in [2.45, 2.75) is 26.1 Å². The maximum absolute atomic E-state index is 9.51. The van der Waals surface area contributed by atoms with Gasteiger partial charge in [0.1, 0.15) is 0 Å². The molecule has 4 nitrogen and oxygen atoms in total. The molecular formula is C10H22O4S. The smallest absolute Gasteiger partial charge is 0.0677 e. The molecule has 92 valence electrons. The summed E-state index contributed by atoms with van der Waals surface area (Å²) in [5.74, 6) is 0.725. The van der Waals surface area contributed by atoms with Gasteiger partial charge in [0.2, 0.25) is 0 Å². The van der Waals surface area contributed by atoms with Gasteiger partial charge in [-0.25, -0.2) is 0 Å². The van der Waals surface area contributed by atoms with E-state index in [2.05, 4.69) is 0 Å². The Morgan fingerprint density at radius 3 is 1.47 bits per heavy atom. The summed E-state index contributed by atoms with van der Waals surface area (Å²) in [6, 6.07) is 0. The van der Waals surface area contributed by atoms with Crippen molar-refractivity contribution in [1.82, 2.24) is 0 Å². The molecule has 0 heterocycles. The highest BCUT2D eigenvalue weighted by molar-refractivity contribution is 7.99. The van der Waals surface area contributed by atoms with Crippen molar-refractivity contribution in [3.8, 4) is 0 Å². The fraction of sp³-hybridized carbons (Fsp3) is 1.00. The van der Waals surface area contributed by atoms with Crippen LogP contribution in [0.5, 0.6) is 0 Å². The summed E-state index contributed by atoms with van der Waals surface area (Å²) in [5, 5.41) is 36.6. The highest BCUT2D eigenvalue weighted by Gasteiger charge is 2.16. The quantitative estimate of drug-likeness (QED) is 0.467. The number of thioether (sulfide) groups is 1. The third kappa shape index (κ3) is 6.37. The summed E-state index contributed by atoms with van der Waals surface area (Å²) in [6.45, 7) is 3.49. The van der Waals surface area contributed by atoms with Crippen molar-refractivity contribution in [3.05, 3.63) is 0 Å². The lowest BCUT2D eigenvalue weighted by atomic mass is 10.1. The first-order chi connectivity index (χ1) is 7.02. The first-order valence-electron chi connectivity index (χ1n) is 5.18. The van der Waals surface area contributed by atoms with Gasteiger partial charge in [-0.05, 0) is 0 Å². The molecule has 0 radical (unpaired) electrons. The van der Waals surface area contributed by atoms with Crippen LogP contribution in [0.2, 0.25) is 0 Å². The molecule has 5 heteroatoms. The first-order valence-corrected chi connectivity index (χ1v) is 6.34. The molecular weight excluding hydrogens is 216 g/mol. The Labute approximate surface area is 95.3 Å². The predicted octanol–water partition coefficient (Wildman–Crippen LogP) is -0.302. The van der Waals surface area contributed by atoms with Gasteiger partial charge >= 0.3 is 0 Å². The van der Waals surface area contributed by atoms with Crippen molar-refractivity contribution in [3.63, 3.8) is 0 Å². The van der Waals surface area contributed by atoms with Gasteiger partial charge in [0.05, 0.1) is 12.2 Å². The number of rotatable bonds is 8. The lowest BCUT2D eigenvalue weighted by molar-refractivity contribution is 0.0912. The van der Waals surface area contributed by atoms with Crippen LogP contribution in [0.4, 0.5) is 0 Å². The average molecular weight is 238 g/mol. The molecule has 4 N–H and O–H groups in total.